The fourth-order valence-corrected chi connectivity index (χ4v) is 2.62. The lowest BCUT2D eigenvalue weighted by Crippen LogP contribution is -2.46. The predicted molar refractivity (Wildman–Crippen MR) is 81.6 cm³/mol. The van der Waals surface area contributed by atoms with Crippen molar-refractivity contribution in [1.82, 2.24) is 10.2 Å². The van der Waals surface area contributed by atoms with Crippen LogP contribution in [0.3, 0.4) is 0 Å². The van der Waals surface area contributed by atoms with E-state index in [1.54, 1.807) is 0 Å². The quantitative estimate of drug-likeness (QED) is 0.863. The first-order chi connectivity index (χ1) is 11.7. The normalized spacial score (nSPS) is 17.1. The molecule has 6 nitrogen and oxygen atoms in total. The SMILES string of the molecule is CNC(=O)COC(=O)N1CCC(O)(c2cccc(C(F)(F)F)c2)CC1. The number of hydrogen-bond donors (Lipinski definition) is 2. The van der Waals surface area contributed by atoms with Gasteiger partial charge in [0.15, 0.2) is 6.61 Å². The first-order valence-corrected chi connectivity index (χ1v) is 7.68. The van der Waals surface area contributed by atoms with E-state index in [9.17, 15) is 27.9 Å². The topological polar surface area (TPSA) is 78.9 Å². The maximum atomic E-state index is 12.8. The van der Waals surface area contributed by atoms with Crippen molar-refractivity contribution in [3.8, 4) is 0 Å². The van der Waals surface area contributed by atoms with E-state index in [0.717, 1.165) is 12.1 Å². The van der Waals surface area contributed by atoms with Gasteiger partial charge in [-0.2, -0.15) is 13.2 Å². The Morgan fingerprint density at radius 2 is 1.96 bits per heavy atom. The van der Waals surface area contributed by atoms with Gasteiger partial charge in [-0.05, 0) is 30.5 Å². The average molecular weight is 360 g/mol. The summed E-state index contributed by atoms with van der Waals surface area (Å²) in [5.41, 5.74) is -2.11. The van der Waals surface area contributed by atoms with Crippen LogP contribution in [-0.2, 0) is 21.3 Å². The molecule has 2 N–H and O–H groups in total. The number of nitrogens with one attached hydrogen (secondary N) is 1. The molecule has 1 aromatic carbocycles. The lowest BCUT2D eigenvalue weighted by Gasteiger charge is -2.38. The first-order valence-electron chi connectivity index (χ1n) is 7.68. The van der Waals surface area contributed by atoms with Crippen LogP contribution in [0.15, 0.2) is 24.3 Å². The lowest BCUT2D eigenvalue weighted by atomic mass is 9.84. The van der Waals surface area contributed by atoms with Crippen molar-refractivity contribution >= 4 is 12.0 Å². The van der Waals surface area contributed by atoms with E-state index in [2.05, 4.69) is 5.32 Å². The zero-order chi connectivity index (χ0) is 18.7. The number of likely N-dealkylation sites (tertiary alicyclic amines) is 1. The predicted octanol–water partition coefficient (Wildman–Crippen LogP) is 1.87. The molecular weight excluding hydrogens is 341 g/mol. The molecule has 0 atom stereocenters. The van der Waals surface area contributed by atoms with Crippen LogP contribution in [0.25, 0.3) is 0 Å². The monoisotopic (exact) mass is 360 g/mol. The number of rotatable bonds is 3. The second-order valence-electron chi connectivity index (χ2n) is 5.82. The van der Waals surface area contributed by atoms with E-state index in [-0.39, 0.29) is 31.5 Å². The molecule has 0 unspecified atom stereocenters. The number of carbonyl (C=O) groups excluding carboxylic acids is 2. The van der Waals surface area contributed by atoms with Gasteiger partial charge < -0.3 is 20.1 Å². The molecule has 1 saturated heterocycles. The summed E-state index contributed by atoms with van der Waals surface area (Å²) in [5, 5.41) is 13.0. The van der Waals surface area contributed by atoms with Crippen molar-refractivity contribution in [1.29, 1.82) is 0 Å². The zero-order valence-electron chi connectivity index (χ0n) is 13.6. The maximum absolute atomic E-state index is 12.8. The molecule has 1 aliphatic heterocycles. The molecule has 0 radical (unpaired) electrons. The van der Waals surface area contributed by atoms with Crippen molar-refractivity contribution in [2.24, 2.45) is 0 Å². The van der Waals surface area contributed by atoms with Crippen molar-refractivity contribution in [3.05, 3.63) is 35.4 Å². The highest BCUT2D eigenvalue weighted by atomic mass is 19.4. The minimum Gasteiger partial charge on any atom is -0.439 e. The maximum Gasteiger partial charge on any atom is 0.416 e. The lowest BCUT2D eigenvalue weighted by molar-refractivity contribution is -0.137. The molecule has 0 aliphatic carbocycles. The molecule has 0 saturated carbocycles. The van der Waals surface area contributed by atoms with E-state index >= 15 is 0 Å². The number of carbonyl (C=O) groups is 2. The summed E-state index contributed by atoms with van der Waals surface area (Å²) in [6.07, 6.45) is -5.04. The highest BCUT2D eigenvalue weighted by Crippen LogP contribution is 2.36. The summed E-state index contributed by atoms with van der Waals surface area (Å²) in [6, 6.07) is 4.56. The van der Waals surface area contributed by atoms with Crippen LogP contribution in [0.4, 0.5) is 18.0 Å². The number of hydrogen-bond acceptors (Lipinski definition) is 4. The minimum atomic E-state index is -4.49. The summed E-state index contributed by atoms with van der Waals surface area (Å²) in [6.45, 7) is -0.192. The van der Waals surface area contributed by atoms with E-state index < -0.39 is 35.9 Å². The van der Waals surface area contributed by atoms with Gasteiger partial charge >= 0.3 is 12.3 Å². The fourth-order valence-electron chi connectivity index (χ4n) is 2.62. The van der Waals surface area contributed by atoms with Crippen molar-refractivity contribution in [3.63, 3.8) is 0 Å². The van der Waals surface area contributed by atoms with Crippen molar-refractivity contribution in [2.75, 3.05) is 26.7 Å². The van der Waals surface area contributed by atoms with Gasteiger partial charge in [0.25, 0.3) is 5.91 Å². The van der Waals surface area contributed by atoms with Crippen LogP contribution in [0.2, 0.25) is 0 Å². The Kier molecular flexibility index (Phi) is 5.56. The number of benzene rings is 1. The van der Waals surface area contributed by atoms with Gasteiger partial charge in [-0.3, -0.25) is 4.79 Å². The molecular formula is C16H19F3N2O4. The Morgan fingerprint density at radius 3 is 2.52 bits per heavy atom. The molecule has 1 heterocycles. The van der Waals surface area contributed by atoms with Gasteiger partial charge in [-0.1, -0.05) is 12.1 Å². The summed E-state index contributed by atoms with van der Waals surface area (Å²) >= 11 is 0. The standard InChI is InChI=1S/C16H19F3N2O4/c1-20-13(22)10-25-14(23)21-7-5-15(24,6-8-21)11-3-2-4-12(9-11)16(17,18)19/h2-4,9,24H,5-8,10H2,1H3,(H,20,22). The Bertz CT molecular complexity index is 641. The average Bonchev–Trinajstić information content (AvgIpc) is 2.59. The van der Waals surface area contributed by atoms with Gasteiger partial charge in [0.1, 0.15) is 0 Å². The summed E-state index contributed by atoms with van der Waals surface area (Å²) in [5.74, 6) is -0.453. The van der Waals surface area contributed by atoms with Crippen LogP contribution in [-0.4, -0.2) is 48.8 Å². The molecule has 25 heavy (non-hydrogen) atoms. The molecule has 1 fully saturated rings. The highest BCUT2D eigenvalue weighted by Gasteiger charge is 2.38. The smallest absolute Gasteiger partial charge is 0.416 e. The molecule has 2 rings (SSSR count). The summed E-state index contributed by atoms with van der Waals surface area (Å²) < 4.78 is 43.3. The third kappa shape index (κ3) is 4.62. The Morgan fingerprint density at radius 1 is 1.32 bits per heavy atom. The van der Waals surface area contributed by atoms with Gasteiger partial charge in [-0.25, -0.2) is 4.79 Å². The molecule has 0 spiro atoms. The Labute approximate surface area is 142 Å². The van der Waals surface area contributed by atoms with E-state index in [1.807, 2.05) is 0 Å². The second kappa shape index (κ2) is 7.30. The number of amides is 2. The third-order valence-electron chi connectivity index (χ3n) is 4.18. The van der Waals surface area contributed by atoms with Gasteiger partial charge in [-0.15, -0.1) is 0 Å². The zero-order valence-corrected chi connectivity index (χ0v) is 13.6. The number of halogens is 3. The number of nitrogens with zero attached hydrogens (tertiary/aromatic N) is 1. The van der Waals surface area contributed by atoms with Crippen LogP contribution < -0.4 is 5.32 Å². The molecule has 1 aliphatic rings. The molecule has 1 aromatic rings. The van der Waals surface area contributed by atoms with Crippen LogP contribution in [0.1, 0.15) is 24.0 Å². The van der Waals surface area contributed by atoms with E-state index in [4.69, 9.17) is 4.74 Å². The molecule has 138 valence electrons. The van der Waals surface area contributed by atoms with Crippen molar-refractivity contribution in [2.45, 2.75) is 24.6 Å². The van der Waals surface area contributed by atoms with Gasteiger partial charge in [0.05, 0.1) is 11.2 Å². The van der Waals surface area contributed by atoms with Crippen molar-refractivity contribution < 1.29 is 32.6 Å². The number of piperidine rings is 1. The Hall–Kier alpha value is -2.29. The number of alkyl halides is 3. The fraction of sp³-hybridized carbons (Fsp3) is 0.500. The summed E-state index contributed by atoms with van der Waals surface area (Å²) in [7, 11) is 1.41. The molecule has 2 amide bonds. The first kappa shape index (κ1) is 19.0. The van der Waals surface area contributed by atoms with E-state index in [1.165, 1.54) is 24.1 Å². The Balaban J connectivity index is 2.00. The van der Waals surface area contributed by atoms with Crippen LogP contribution in [0.5, 0.6) is 0 Å². The second-order valence-corrected chi connectivity index (χ2v) is 5.82. The van der Waals surface area contributed by atoms with Gasteiger partial charge in [0, 0.05) is 20.1 Å². The van der Waals surface area contributed by atoms with Crippen LogP contribution in [0, 0.1) is 0 Å². The number of likely N-dealkylation sites (N-methyl/N-ethyl adjacent to an activating group) is 1. The molecule has 0 aromatic heterocycles. The molecule has 0 bridgehead atoms. The van der Waals surface area contributed by atoms with Crippen LogP contribution >= 0.6 is 0 Å². The third-order valence-corrected chi connectivity index (χ3v) is 4.18. The summed E-state index contributed by atoms with van der Waals surface area (Å²) in [4.78, 5) is 24.2. The molecule has 9 heteroatoms. The van der Waals surface area contributed by atoms with E-state index in [0.29, 0.717) is 0 Å². The number of aliphatic hydroxyl groups is 1. The minimum absolute atomic E-state index is 0.0728. The highest BCUT2D eigenvalue weighted by molar-refractivity contribution is 5.79. The largest absolute Gasteiger partial charge is 0.439 e. The van der Waals surface area contributed by atoms with Gasteiger partial charge in [0.2, 0.25) is 0 Å². The number of ether oxygens (including phenoxy) is 1.